The van der Waals surface area contributed by atoms with E-state index >= 15 is 0 Å². The third-order valence-electron chi connectivity index (χ3n) is 2.75. The molecule has 111 valence electrons. The summed E-state index contributed by atoms with van der Waals surface area (Å²) < 4.78 is 0.529. The zero-order valence-electron chi connectivity index (χ0n) is 11.6. The van der Waals surface area contributed by atoms with E-state index in [0.29, 0.717) is 10.0 Å². The summed E-state index contributed by atoms with van der Waals surface area (Å²) in [7, 11) is 0. The second-order valence-corrected chi connectivity index (χ2v) is 7.21. The third kappa shape index (κ3) is 4.02. The molecule has 0 unspecified atom stereocenters. The number of amides is 1. The van der Waals surface area contributed by atoms with E-state index in [1.165, 1.54) is 25.1 Å². The van der Waals surface area contributed by atoms with Crippen molar-refractivity contribution < 1.29 is 14.5 Å². The molecular formula is C15H12AsN2O4. The average Bonchev–Trinajstić information content (AvgIpc) is 2.47. The first-order chi connectivity index (χ1) is 10.5. The number of nitro benzene ring substituents is 1. The summed E-state index contributed by atoms with van der Waals surface area (Å²) in [6.07, 6.45) is 0. The molecule has 0 atom stereocenters. The molecule has 0 aliphatic heterocycles. The maximum absolute atomic E-state index is 12.4. The van der Waals surface area contributed by atoms with Gasteiger partial charge < -0.3 is 0 Å². The minimum absolute atomic E-state index is 0.0288. The second kappa shape index (κ2) is 7.00. The van der Waals surface area contributed by atoms with Crippen LogP contribution in [0.5, 0.6) is 0 Å². The molecule has 7 heteroatoms. The van der Waals surface area contributed by atoms with Crippen LogP contribution in [-0.4, -0.2) is 31.2 Å². The van der Waals surface area contributed by atoms with Gasteiger partial charge in [0.2, 0.25) is 0 Å². The summed E-state index contributed by atoms with van der Waals surface area (Å²) in [6, 6.07) is 12.8. The first-order valence-corrected chi connectivity index (χ1v) is 8.22. The van der Waals surface area contributed by atoms with Crippen LogP contribution in [0.3, 0.4) is 0 Å². The zero-order chi connectivity index (χ0) is 16.1. The number of nitro groups is 1. The van der Waals surface area contributed by atoms with Crippen LogP contribution >= 0.6 is 0 Å². The van der Waals surface area contributed by atoms with E-state index < -0.39 is 26.6 Å². The number of benzene rings is 2. The van der Waals surface area contributed by atoms with Crippen LogP contribution in [0.2, 0.25) is 0 Å². The molecule has 22 heavy (non-hydrogen) atoms. The molecule has 0 aromatic heterocycles. The molecule has 2 aromatic rings. The van der Waals surface area contributed by atoms with E-state index in [1.54, 1.807) is 24.3 Å². The summed E-state index contributed by atoms with van der Waals surface area (Å²) in [6.45, 7) is 1.44. The molecule has 0 spiro atoms. The maximum atomic E-state index is 12.4. The molecule has 0 heterocycles. The van der Waals surface area contributed by atoms with Gasteiger partial charge in [0.25, 0.3) is 0 Å². The second-order valence-electron chi connectivity index (χ2n) is 4.41. The summed E-state index contributed by atoms with van der Waals surface area (Å²) in [5, 5.41) is 13.6. The van der Waals surface area contributed by atoms with Gasteiger partial charge in [0.1, 0.15) is 0 Å². The quantitative estimate of drug-likeness (QED) is 0.500. The Kier molecular flexibility index (Phi) is 5.07. The number of nitrogens with one attached hydrogen (secondary N) is 1. The van der Waals surface area contributed by atoms with Crippen LogP contribution in [0.15, 0.2) is 48.5 Å². The molecule has 0 saturated heterocycles. The molecule has 0 aliphatic carbocycles. The van der Waals surface area contributed by atoms with Crippen LogP contribution in [0.4, 0.5) is 11.4 Å². The van der Waals surface area contributed by atoms with Gasteiger partial charge in [-0.2, -0.15) is 0 Å². The van der Waals surface area contributed by atoms with Crippen molar-refractivity contribution in [2.45, 2.75) is 6.92 Å². The standard InChI is InChI=1S/C15H12AsN2O4/c1-10(19)16-14-8-7-12(18(21)22)9-13(14)15(20)17-11-5-3-2-4-6-11/h2-9H,1H3,(H,17,20). The molecule has 0 fully saturated rings. The van der Waals surface area contributed by atoms with Crippen LogP contribution in [-0.2, 0) is 4.79 Å². The number of rotatable bonds is 5. The monoisotopic (exact) mass is 359 g/mol. The summed E-state index contributed by atoms with van der Waals surface area (Å²) in [4.78, 5) is 34.0. The number of hydrogen-bond donors (Lipinski definition) is 1. The molecule has 1 amide bonds. The predicted octanol–water partition coefficient (Wildman–Crippen LogP) is 1.72. The van der Waals surface area contributed by atoms with Gasteiger partial charge in [-0.15, -0.1) is 0 Å². The molecular weight excluding hydrogens is 347 g/mol. The minimum atomic E-state index is -0.861. The Balaban J connectivity index is 2.37. The molecule has 0 bridgehead atoms. The summed E-state index contributed by atoms with van der Waals surface area (Å²) in [5.41, 5.74) is 0.587. The van der Waals surface area contributed by atoms with Crippen molar-refractivity contribution in [1.82, 2.24) is 0 Å². The Morgan fingerprint density at radius 1 is 1.14 bits per heavy atom. The van der Waals surface area contributed by atoms with E-state index in [4.69, 9.17) is 0 Å². The van der Waals surface area contributed by atoms with Crippen molar-refractivity contribution in [1.29, 1.82) is 0 Å². The fourth-order valence-corrected chi connectivity index (χ4v) is 3.43. The summed E-state index contributed by atoms with van der Waals surface area (Å²) >= 11 is -0.861. The Morgan fingerprint density at radius 2 is 1.82 bits per heavy atom. The van der Waals surface area contributed by atoms with Crippen molar-refractivity contribution in [3.05, 3.63) is 64.2 Å². The van der Waals surface area contributed by atoms with E-state index in [9.17, 15) is 19.7 Å². The van der Waals surface area contributed by atoms with Gasteiger partial charge in [-0.1, -0.05) is 0 Å². The van der Waals surface area contributed by atoms with Gasteiger partial charge in [0, 0.05) is 0 Å². The van der Waals surface area contributed by atoms with E-state index in [2.05, 4.69) is 5.32 Å². The molecule has 0 aliphatic rings. The van der Waals surface area contributed by atoms with Crippen molar-refractivity contribution in [2.24, 2.45) is 0 Å². The first-order valence-electron chi connectivity index (χ1n) is 6.34. The Labute approximate surface area is 133 Å². The van der Waals surface area contributed by atoms with Gasteiger partial charge >= 0.3 is 133 Å². The Morgan fingerprint density at radius 3 is 2.41 bits per heavy atom. The van der Waals surface area contributed by atoms with Gasteiger partial charge in [0.15, 0.2) is 0 Å². The van der Waals surface area contributed by atoms with E-state index in [0.717, 1.165) is 0 Å². The third-order valence-corrected chi connectivity index (χ3v) is 4.73. The Hall–Kier alpha value is -2.46. The van der Waals surface area contributed by atoms with Crippen molar-refractivity contribution in [2.75, 3.05) is 5.32 Å². The number of carbonyl (C=O) groups is 2. The molecule has 2 aromatic carbocycles. The van der Waals surface area contributed by atoms with Gasteiger partial charge in [-0.05, 0) is 0 Å². The Bertz CT molecular complexity index is 732. The van der Waals surface area contributed by atoms with Gasteiger partial charge in [-0.3, -0.25) is 0 Å². The number of non-ortho nitro benzene ring substituents is 1. The van der Waals surface area contributed by atoms with Crippen LogP contribution < -0.4 is 9.67 Å². The van der Waals surface area contributed by atoms with Crippen LogP contribution in [0, 0.1) is 10.1 Å². The van der Waals surface area contributed by atoms with E-state index in [1.807, 2.05) is 6.07 Å². The topological polar surface area (TPSA) is 89.3 Å². The van der Waals surface area contributed by atoms with Crippen LogP contribution in [0.25, 0.3) is 0 Å². The molecule has 2 rings (SSSR count). The van der Waals surface area contributed by atoms with Crippen molar-refractivity contribution in [3.63, 3.8) is 0 Å². The number of hydrogen-bond acceptors (Lipinski definition) is 4. The van der Waals surface area contributed by atoms with Crippen molar-refractivity contribution >= 4 is 42.0 Å². The molecule has 6 nitrogen and oxygen atoms in total. The fraction of sp³-hybridized carbons (Fsp3) is 0.0667. The fourth-order valence-electron chi connectivity index (χ4n) is 1.81. The number of anilines is 1. The molecule has 1 radical (unpaired) electrons. The molecule has 1 N–H and O–H groups in total. The molecule has 0 saturated carbocycles. The first kappa shape index (κ1) is 15.9. The van der Waals surface area contributed by atoms with E-state index in [-0.39, 0.29) is 15.8 Å². The summed E-state index contributed by atoms with van der Waals surface area (Å²) in [5.74, 6) is -0.457. The normalized spacial score (nSPS) is 10.6. The predicted molar refractivity (Wildman–Crippen MR) is 83.6 cm³/mol. The number of para-hydroxylation sites is 1. The van der Waals surface area contributed by atoms with Gasteiger partial charge in [-0.25, -0.2) is 0 Å². The SMILES string of the molecule is CC(=O)[As]c1ccc([N+](=O)[O-])cc1C(=O)Nc1ccccc1. The zero-order valence-corrected chi connectivity index (χ0v) is 13.5. The van der Waals surface area contributed by atoms with Crippen LogP contribution in [0.1, 0.15) is 17.3 Å². The average molecular weight is 359 g/mol. The number of carbonyl (C=O) groups excluding carboxylic acids is 2. The van der Waals surface area contributed by atoms with Gasteiger partial charge in [0.05, 0.1) is 0 Å². The number of nitrogens with zero attached hydrogens (tertiary/aromatic N) is 1. The van der Waals surface area contributed by atoms with Crippen molar-refractivity contribution in [3.8, 4) is 0 Å².